The third-order valence-electron chi connectivity index (χ3n) is 5.95. The van der Waals surface area contributed by atoms with Crippen molar-refractivity contribution in [1.29, 1.82) is 0 Å². The van der Waals surface area contributed by atoms with Crippen molar-refractivity contribution in [3.05, 3.63) is 71.4 Å². The first kappa shape index (κ1) is 23.2. The van der Waals surface area contributed by atoms with Gasteiger partial charge in [-0.05, 0) is 44.2 Å². The Kier molecular flexibility index (Phi) is 6.33. The zero-order valence-corrected chi connectivity index (χ0v) is 20.0. The van der Waals surface area contributed by atoms with Gasteiger partial charge < -0.3 is 15.4 Å². The third-order valence-corrected chi connectivity index (χ3v) is 6.19. The number of hydrogen-bond donors (Lipinski definition) is 4. The maximum atomic E-state index is 13.0. The SMILES string of the molecule is Cc1cc(NC(=O)C(C)Oc2ccccc2)n(C2NC(=O)C3CNN(c4cccc(Cl)c4)C3N2)n1. The number of ether oxygens (including phenoxy) is 1. The topological polar surface area (TPSA) is 113 Å². The number of aromatic nitrogens is 2. The van der Waals surface area contributed by atoms with E-state index in [2.05, 4.69) is 26.5 Å². The highest BCUT2D eigenvalue weighted by Crippen LogP contribution is 2.29. The average molecular weight is 496 g/mol. The van der Waals surface area contributed by atoms with Gasteiger partial charge in [0, 0.05) is 17.6 Å². The highest BCUT2D eigenvalue weighted by atomic mass is 35.5. The van der Waals surface area contributed by atoms with E-state index >= 15 is 0 Å². The van der Waals surface area contributed by atoms with Crippen LogP contribution < -0.4 is 31.1 Å². The van der Waals surface area contributed by atoms with E-state index in [-0.39, 0.29) is 23.9 Å². The minimum absolute atomic E-state index is 0.123. The summed E-state index contributed by atoms with van der Waals surface area (Å²) < 4.78 is 7.29. The number of halogens is 1. The van der Waals surface area contributed by atoms with Crippen LogP contribution in [0, 0.1) is 12.8 Å². The number of anilines is 2. The van der Waals surface area contributed by atoms with Crippen LogP contribution in [0.1, 0.15) is 18.9 Å². The number of amides is 2. The second-order valence-corrected chi connectivity index (χ2v) is 8.96. The molecule has 0 bridgehead atoms. The lowest BCUT2D eigenvalue weighted by atomic mass is 10.0. The molecular weight excluding hydrogens is 470 g/mol. The van der Waals surface area contributed by atoms with E-state index in [0.717, 1.165) is 5.69 Å². The van der Waals surface area contributed by atoms with Crippen LogP contribution >= 0.6 is 11.6 Å². The Morgan fingerprint density at radius 2 is 2.00 bits per heavy atom. The van der Waals surface area contributed by atoms with Crippen LogP contribution in [0.3, 0.4) is 0 Å². The molecule has 1 aromatic heterocycles. The fourth-order valence-corrected chi connectivity index (χ4v) is 4.44. The Morgan fingerprint density at radius 3 is 2.77 bits per heavy atom. The summed E-state index contributed by atoms with van der Waals surface area (Å²) >= 11 is 6.18. The molecule has 4 N–H and O–H groups in total. The van der Waals surface area contributed by atoms with Gasteiger partial charge in [-0.15, -0.1) is 0 Å². The smallest absolute Gasteiger partial charge is 0.266 e. The lowest BCUT2D eigenvalue weighted by molar-refractivity contribution is -0.129. The first-order valence-corrected chi connectivity index (χ1v) is 11.7. The molecule has 2 aliphatic heterocycles. The molecular formula is C24H26ClN7O3. The van der Waals surface area contributed by atoms with Crippen LogP contribution in [0.2, 0.25) is 5.02 Å². The minimum Gasteiger partial charge on any atom is -0.481 e. The lowest BCUT2D eigenvalue weighted by Crippen LogP contribution is -2.62. The second-order valence-electron chi connectivity index (χ2n) is 8.52. The van der Waals surface area contributed by atoms with E-state index in [0.29, 0.717) is 28.8 Å². The predicted molar refractivity (Wildman–Crippen MR) is 132 cm³/mol. The van der Waals surface area contributed by atoms with Crippen molar-refractivity contribution in [3.63, 3.8) is 0 Å². The number of benzene rings is 2. The summed E-state index contributed by atoms with van der Waals surface area (Å²) in [7, 11) is 0. The Morgan fingerprint density at radius 1 is 1.20 bits per heavy atom. The number of nitrogens with zero attached hydrogens (tertiary/aromatic N) is 3. The quantitative estimate of drug-likeness (QED) is 0.415. The second kappa shape index (κ2) is 9.57. The summed E-state index contributed by atoms with van der Waals surface area (Å²) in [5.41, 5.74) is 4.79. The number of hydrazine groups is 1. The molecule has 4 atom stereocenters. The Labute approximate surface area is 207 Å². The van der Waals surface area contributed by atoms with E-state index < -0.39 is 12.4 Å². The summed E-state index contributed by atoms with van der Waals surface area (Å²) in [6.07, 6.45) is -1.77. The molecule has 0 saturated carbocycles. The standard InChI is InChI=1S/C24H26ClN7O3/c1-14-11-20(27-22(33)15(2)35-18-9-4-3-5-10-18)32(30-14)24-28-21-19(23(34)29-24)13-26-31(21)17-8-6-7-16(25)12-17/h3-12,15,19,21,24,26,28H,13H2,1-2H3,(H,27,33)(H,29,34). The van der Waals surface area contributed by atoms with Crippen LogP contribution in [0.4, 0.5) is 11.5 Å². The molecule has 11 heteroatoms. The van der Waals surface area contributed by atoms with E-state index in [9.17, 15) is 9.59 Å². The van der Waals surface area contributed by atoms with Crippen LogP contribution in [0.5, 0.6) is 5.75 Å². The van der Waals surface area contributed by atoms with E-state index in [1.165, 1.54) is 0 Å². The van der Waals surface area contributed by atoms with Crippen molar-refractivity contribution in [2.24, 2.45) is 5.92 Å². The summed E-state index contributed by atoms with van der Waals surface area (Å²) in [6, 6.07) is 18.3. The fraction of sp³-hybridized carbons (Fsp3) is 0.292. The first-order chi connectivity index (χ1) is 16.9. The molecule has 0 aliphatic carbocycles. The largest absolute Gasteiger partial charge is 0.481 e. The van der Waals surface area contributed by atoms with Gasteiger partial charge in [0.25, 0.3) is 5.91 Å². The maximum absolute atomic E-state index is 13.0. The van der Waals surface area contributed by atoms with Crippen molar-refractivity contribution in [1.82, 2.24) is 25.8 Å². The molecule has 4 unspecified atom stereocenters. The molecule has 3 aromatic rings. The molecule has 182 valence electrons. The Balaban J connectivity index is 1.34. The molecule has 2 amide bonds. The molecule has 2 aliphatic rings. The van der Waals surface area contributed by atoms with Crippen molar-refractivity contribution < 1.29 is 14.3 Å². The third kappa shape index (κ3) is 4.81. The molecule has 2 fully saturated rings. The van der Waals surface area contributed by atoms with E-state index in [1.54, 1.807) is 35.9 Å². The highest BCUT2D eigenvalue weighted by Gasteiger charge is 2.45. The van der Waals surface area contributed by atoms with E-state index in [1.807, 2.05) is 48.3 Å². The molecule has 0 spiro atoms. The number of hydrogen-bond acceptors (Lipinski definition) is 7. The van der Waals surface area contributed by atoms with Gasteiger partial charge in [0.2, 0.25) is 5.91 Å². The van der Waals surface area contributed by atoms with Crippen molar-refractivity contribution in [2.75, 3.05) is 16.9 Å². The lowest BCUT2D eigenvalue weighted by Gasteiger charge is -2.37. The molecule has 5 rings (SSSR count). The molecule has 2 aromatic carbocycles. The average Bonchev–Trinajstić information content (AvgIpc) is 3.43. The van der Waals surface area contributed by atoms with Crippen LogP contribution in [-0.2, 0) is 9.59 Å². The van der Waals surface area contributed by atoms with Gasteiger partial charge in [-0.3, -0.25) is 19.9 Å². The van der Waals surface area contributed by atoms with E-state index in [4.69, 9.17) is 16.3 Å². The number of fused-ring (bicyclic) bond motifs is 1. The van der Waals surface area contributed by atoms with Crippen molar-refractivity contribution in [3.8, 4) is 5.75 Å². The van der Waals surface area contributed by atoms with Gasteiger partial charge >= 0.3 is 0 Å². The minimum atomic E-state index is -0.739. The van der Waals surface area contributed by atoms with Crippen LogP contribution in [-0.4, -0.2) is 40.4 Å². The van der Waals surface area contributed by atoms with Gasteiger partial charge in [0.05, 0.1) is 17.3 Å². The van der Waals surface area contributed by atoms with Gasteiger partial charge in [0.1, 0.15) is 17.7 Å². The fourth-order valence-electron chi connectivity index (χ4n) is 4.26. The van der Waals surface area contributed by atoms with Gasteiger partial charge in [-0.2, -0.15) is 5.10 Å². The first-order valence-electron chi connectivity index (χ1n) is 11.3. The number of carbonyl (C=O) groups is 2. The molecule has 35 heavy (non-hydrogen) atoms. The van der Waals surface area contributed by atoms with Gasteiger partial charge in [0.15, 0.2) is 12.4 Å². The predicted octanol–water partition coefficient (Wildman–Crippen LogP) is 2.39. The van der Waals surface area contributed by atoms with Crippen LogP contribution in [0.15, 0.2) is 60.7 Å². The van der Waals surface area contributed by atoms with Crippen molar-refractivity contribution in [2.45, 2.75) is 32.4 Å². The molecule has 10 nitrogen and oxygen atoms in total. The van der Waals surface area contributed by atoms with Crippen LogP contribution in [0.25, 0.3) is 0 Å². The number of para-hydroxylation sites is 1. The van der Waals surface area contributed by atoms with Gasteiger partial charge in [-0.25, -0.2) is 10.1 Å². The molecule has 0 radical (unpaired) electrons. The Hall–Kier alpha value is -3.60. The number of aryl methyl sites for hydroxylation is 1. The maximum Gasteiger partial charge on any atom is 0.266 e. The zero-order valence-electron chi connectivity index (χ0n) is 19.2. The number of rotatable bonds is 6. The summed E-state index contributed by atoms with van der Waals surface area (Å²) in [5, 5.41) is 16.3. The Bertz CT molecular complexity index is 1230. The van der Waals surface area contributed by atoms with Gasteiger partial charge in [-0.1, -0.05) is 35.9 Å². The molecule has 3 heterocycles. The summed E-state index contributed by atoms with van der Waals surface area (Å²) in [6.45, 7) is 3.96. The molecule has 2 saturated heterocycles. The number of nitrogens with one attached hydrogen (secondary N) is 4. The summed E-state index contributed by atoms with van der Waals surface area (Å²) in [4.78, 5) is 25.8. The number of carbonyl (C=O) groups excluding carboxylic acids is 2. The zero-order chi connectivity index (χ0) is 24.5. The highest BCUT2D eigenvalue weighted by molar-refractivity contribution is 6.30. The normalized spacial score (nSPS) is 22.3. The monoisotopic (exact) mass is 495 g/mol. The van der Waals surface area contributed by atoms with Crippen molar-refractivity contribution >= 4 is 34.9 Å². The summed E-state index contributed by atoms with van der Waals surface area (Å²) in [5.74, 6) is 0.258.